The van der Waals surface area contributed by atoms with Gasteiger partial charge in [-0.3, -0.25) is 19.2 Å². The molecule has 0 radical (unpaired) electrons. The van der Waals surface area contributed by atoms with Gasteiger partial charge in [-0.2, -0.15) is 5.10 Å². The van der Waals surface area contributed by atoms with Crippen LogP contribution in [-0.2, 0) is 16.1 Å². The first-order chi connectivity index (χ1) is 16.9. The summed E-state index contributed by atoms with van der Waals surface area (Å²) in [7, 11) is 0. The van der Waals surface area contributed by atoms with Crippen molar-refractivity contribution < 1.29 is 9.59 Å². The lowest BCUT2D eigenvalue weighted by atomic mass is 10.1. The van der Waals surface area contributed by atoms with E-state index in [4.69, 9.17) is 11.6 Å². The van der Waals surface area contributed by atoms with Crippen molar-refractivity contribution in [3.8, 4) is 0 Å². The first-order valence-electron chi connectivity index (χ1n) is 11.7. The number of aryl methyl sites for hydroxylation is 1. The maximum absolute atomic E-state index is 12.8. The van der Waals surface area contributed by atoms with Crippen LogP contribution in [-0.4, -0.2) is 64.1 Å². The molecule has 0 atom stereocenters. The Hall–Kier alpha value is -3.42. The Balaban J connectivity index is 1.30. The molecule has 0 bridgehead atoms. The van der Waals surface area contributed by atoms with Crippen LogP contribution < -0.4 is 5.32 Å². The van der Waals surface area contributed by atoms with E-state index < -0.39 is 0 Å². The van der Waals surface area contributed by atoms with Gasteiger partial charge < -0.3 is 10.2 Å². The highest BCUT2D eigenvalue weighted by Gasteiger charge is 2.21. The largest absolute Gasteiger partial charge is 0.337 e. The van der Waals surface area contributed by atoms with E-state index in [1.807, 2.05) is 84.1 Å². The number of aromatic nitrogens is 2. The Morgan fingerprint density at radius 2 is 1.69 bits per heavy atom. The fourth-order valence-corrected chi connectivity index (χ4v) is 4.40. The first-order valence-corrected chi connectivity index (χ1v) is 12.1. The zero-order valence-electron chi connectivity index (χ0n) is 20.1. The lowest BCUT2D eigenvalue weighted by Crippen LogP contribution is -2.50. The number of para-hydroxylation sites is 1. The molecule has 1 aromatic heterocycles. The Labute approximate surface area is 211 Å². The van der Waals surface area contributed by atoms with Crippen molar-refractivity contribution in [3.63, 3.8) is 0 Å². The minimum atomic E-state index is -0.0457. The molecule has 1 aliphatic rings. The van der Waals surface area contributed by atoms with Gasteiger partial charge in [0.1, 0.15) is 0 Å². The van der Waals surface area contributed by atoms with Crippen LogP contribution in [0.25, 0.3) is 6.08 Å². The lowest BCUT2D eigenvalue weighted by Gasteiger charge is -2.33. The highest BCUT2D eigenvalue weighted by molar-refractivity contribution is 6.31. The second-order valence-corrected chi connectivity index (χ2v) is 9.09. The van der Waals surface area contributed by atoms with Gasteiger partial charge in [0.05, 0.1) is 18.8 Å². The minimum Gasteiger partial charge on any atom is -0.337 e. The van der Waals surface area contributed by atoms with Crippen molar-refractivity contribution in [3.05, 3.63) is 88.2 Å². The maximum Gasteiger partial charge on any atom is 0.246 e. The van der Waals surface area contributed by atoms with E-state index >= 15 is 0 Å². The standard InChI is InChI=1S/C27H30ClN5O2/c1-20-24(21(2)33(30-20)18-22-8-6-7-11-25(22)28)12-13-27(35)32-16-14-31(15-17-32)19-26(34)29-23-9-4-3-5-10-23/h3-13H,14-19H2,1-2H3,(H,29,34)/b13-12+. The Morgan fingerprint density at radius 1 is 1.00 bits per heavy atom. The van der Waals surface area contributed by atoms with E-state index in [0.29, 0.717) is 44.3 Å². The molecule has 8 heteroatoms. The van der Waals surface area contributed by atoms with Gasteiger partial charge in [0, 0.05) is 54.2 Å². The predicted molar refractivity (Wildman–Crippen MR) is 139 cm³/mol. The van der Waals surface area contributed by atoms with Gasteiger partial charge in [-0.25, -0.2) is 0 Å². The number of nitrogens with zero attached hydrogens (tertiary/aromatic N) is 4. The number of nitrogens with one attached hydrogen (secondary N) is 1. The SMILES string of the molecule is Cc1nn(Cc2ccccc2Cl)c(C)c1/C=C/C(=O)N1CCN(CC(=O)Nc2ccccc2)CC1. The number of carbonyl (C=O) groups excluding carboxylic acids is 2. The zero-order chi connectivity index (χ0) is 24.8. The lowest BCUT2D eigenvalue weighted by molar-refractivity contribution is -0.127. The number of amides is 2. The molecule has 7 nitrogen and oxygen atoms in total. The molecular weight excluding hydrogens is 462 g/mol. The number of carbonyl (C=O) groups is 2. The summed E-state index contributed by atoms with van der Waals surface area (Å²) < 4.78 is 1.92. The molecule has 0 spiro atoms. The molecule has 0 saturated carbocycles. The maximum atomic E-state index is 12.8. The molecule has 1 fully saturated rings. The van der Waals surface area contributed by atoms with Crippen LogP contribution in [0.15, 0.2) is 60.7 Å². The first kappa shape index (κ1) is 24.7. The highest BCUT2D eigenvalue weighted by atomic mass is 35.5. The second-order valence-electron chi connectivity index (χ2n) is 8.68. The van der Waals surface area contributed by atoms with Gasteiger partial charge in [-0.1, -0.05) is 48.0 Å². The molecule has 2 amide bonds. The summed E-state index contributed by atoms with van der Waals surface area (Å²) >= 11 is 6.31. The van der Waals surface area contributed by atoms with Crippen molar-refractivity contribution in [1.29, 1.82) is 0 Å². The number of benzene rings is 2. The highest BCUT2D eigenvalue weighted by Crippen LogP contribution is 2.20. The van der Waals surface area contributed by atoms with E-state index in [2.05, 4.69) is 15.3 Å². The van der Waals surface area contributed by atoms with Gasteiger partial charge in [-0.05, 0) is 43.7 Å². The van der Waals surface area contributed by atoms with Crippen molar-refractivity contribution in [2.75, 3.05) is 38.0 Å². The van der Waals surface area contributed by atoms with Crippen LogP contribution >= 0.6 is 11.6 Å². The third-order valence-corrected chi connectivity index (χ3v) is 6.59. The van der Waals surface area contributed by atoms with E-state index in [9.17, 15) is 9.59 Å². The number of hydrogen-bond donors (Lipinski definition) is 1. The van der Waals surface area contributed by atoms with Gasteiger partial charge >= 0.3 is 0 Å². The molecule has 2 heterocycles. The van der Waals surface area contributed by atoms with E-state index in [1.165, 1.54) is 0 Å². The molecule has 3 aromatic rings. The average molecular weight is 492 g/mol. The summed E-state index contributed by atoms with van der Waals surface area (Å²) in [4.78, 5) is 29.0. The summed E-state index contributed by atoms with van der Waals surface area (Å²) in [6.07, 6.45) is 3.47. The summed E-state index contributed by atoms with van der Waals surface area (Å²) in [5, 5.41) is 8.26. The van der Waals surface area contributed by atoms with Crippen molar-refractivity contribution in [2.24, 2.45) is 0 Å². The number of rotatable bonds is 7. The van der Waals surface area contributed by atoms with Crippen LogP contribution in [0.5, 0.6) is 0 Å². The summed E-state index contributed by atoms with van der Waals surface area (Å²) in [6.45, 7) is 7.34. The molecular formula is C27H30ClN5O2. The van der Waals surface area contributed by atoms with Crippen LogP contribution in [0.4, 0.5) is 5.69 Å². The normalized spacial score (nSPS) is 14.4. The molecule has 1 N–H and O–H groups in total. The van der Waals surface area contributed by atoms with Gasteiger partial charge in [0.2, 0.25) is 11.8 Å². The third-order valence-electron chi connectivity index (χ3n) is 6.22. The molecule has 182 valence electrons. The van der Waals surface area contributed by atoms with Crippen LogP contribution in [0.3, 0.4) is 0 Å². The number of piperazine rings is 1. The van der Waals surface area contributed by atoms with Crippen LogP contribution in [0.1, 0.15) is 22.5 Å². The molecule has 35 heavy (non-hydrogen) atoms. The van der Waals surface area contributed by atoms with Crippen LogP contribution in [0.2, 0.25) is 5.02 Å². The topological polar surface area (TPSA) is 70.5 Å². The fourth-order valence-electron chi connectivity index (χ4n) is 4.21. The second kappa shape index (κ2) is 11.3. The van der Waals surface area contributed by atoms with E-state index in [-0.39, 0.29) is 11.8 Å². The summed E-state index contributed by atoms with van der Waals surface area (Å²) in [5.74, 6) is -0.0772. The third kappa shape index (κ3) is 6.38. The van der Waals surface area contributed by atoms with E-state index in [0.717, 1.165) is 28.2 Å². The Bertz CT molecular complexity index is 1210. The summed E-state index contributed by atoms with van der Waals surface area (Å²) in [6, 6.07) is 17.2. The molecule has 4 rings (SSSR count). The van der Waals surface area contributed by atoms with E-state index in [1.54, 1.807) is 6.08 Å². The molecule has 0 unspecified atom stereocenters. The molecule has 0 aliphatic carbocycles. The van der Waals surface area contributed by atoms with Crippen LogP contribution in [0, 0.1) is 13.8 Å². The monoisotopic (exact) mass is 491 g/mol. The van der Waals surface area contributed by atoms with Crippen molar-refractivity contribution in [2.45, 2.75) is 20.4 Å². The van der Waals surface area contributed by atoms with Gasteiger partial charge in [-0.15, -0.1) is 0 Å². The molecule has 2 aromatic carbocycles. The number of hydrogen-bond acceptors (Lipinski definition) is 4. The van der Waals surface area contributed by atoms with Crippen molar-refractivity contribution >= 4 is 35.2 Å². The Morgan fingerprint density at radius 3 is 2.40 bits per heavy atom. The predicted octanol–water partition coefficient (Wildman–Crippen LogP) is 4.00. The smallest absolute Gasteiger partial charge is 0.246 e. The van der Waals surface area contributed by atoms with Gasteiger partial charge in [0.25, 0.3) is 0 Å². The zero-order valence-corrected chi connectivity index (χ0v) is 20.8. The molecule has 1 aliphatic heterocycles. The summed E-state index contributed by atoms with van der Waals surface area (Å²) in [5.41, 5.74) is 4.59. The Kier molecular flexibility index (Phi) is 8.00. The quantitative estimate of drug-likeness (QED) is 0.507. The number of anilines is 1. The minimum absolute atomic E-state index is 0.0314. The molecule has 1 saturated heterocycles. The number of halogens is 1. The van der Waals surface area contributed by atoms with Gasteiger partial charge in [0.15, 0.2) is 0 Å². The average Bonchev–Trinajstić information content (AvgIpc) is 3.12. The fraction of sp³-hybridized carbons (Fsp3) is 0.296. The van der Waals surface area contributed by atoms with Crippen molar-refractivity contribution in [1.82, 2.24) is 19.6 Å².